The summed E-state index contributed by atoms with van der Waals surface area (Å²) < 4.78 is 5.38. The fourth-order valence-electron chi connectivity index (χ4n) is 2.46. The molecule has 0 aromatic rings. The van der Waals surface area contributed by atoms with Gasteiger partial charge in [-0.1, -0.05) is 47.0 Å². The van der Waals surface area contributed by atoms with Gasteiger partial charge in [0.25, 0.3) is 0 Å². The molecule has 0 aliphatic carbocycles. The molecule has 0 aromatic heterocycles. The lowest BCUT2D eigenvalue weighted by molar-refractivity contribution is -0.157. The zero-order valence-corrected chi connectivity index (χ0v) is 11.5. The first-order chi connectivity index (χ1) is 7.66. The second-order valence-electron chi connectivity index (χ2n) is 4.67. The Kier molecular flexibility index (Phi) is 12.6. The van der Waals surface area contributed by atoms with Crippen LogP contribution in [0.1, 0.15) is 72.6 Å². The molecule has 17 heavy (non-hydrogen) atoms. The van der Waals surface area contributed by atoms with Crippen LogP contribution in [0.5, 0.6) is 0 Å². The highest BCUT2D eigenvalue weighted by molar-refractivity contribution is 5.76. The smallest absolute Gasteiger partial charge is 0.312 e. The topological polar surface area (TPSA) is 26.3 Å². The Balaban J connectivity index is 0. The first kappa shape index (κ1) is 19.3. The van der Waals surface area contributed by atoms with Crippen LogP contribution in [0.3, 0.4) is 0 Å². The molecule has 0 amide bonds. The van der Waals surface area contributed by atoms with E-state index in [1.54, 1.807) is 0 Å². The molecule has 0 aliphatic heterocycles. The summed E-state index contributed by atoms with van der Waals surface area (Å²) in [4.78, 5) is 12.2. The van der Waals surface area contributed by atoms with Crippen LogP contribution >= 0.6 is 0 Å². The average Bonchev–Trinajstić information content (AvgIpc) is 2.26. The van der Waals surface area contributed by atoms with Crippen molar-refractivity contribution in [1.82, 2.24) is 0 Å². The van der Waals surface area contributed by atoms with E-state index in [2.05, 4.69) is 20.8 Å². The molecule has 0 saturated carbocycles. The first-order valence-corrected chi connectivity index (χ1v) is 6.84. The number of ether oxygens (including phenoxy) is 1. The monoisotopic (exact) mass is 258 g/mol. The van der Waals surface area contributed by atoms with E-state index in [9.17, 15) is 4.79 Å². The fourth-order valence-corrected chi connectivity index (χ4v) is 2.46. The maximum atomic E-state index is 12.2. The molecule has 0 saturated heterocycles. The standard InChI is InChI=1S/C14H28O2.Al.3H/c1-5-9-14(10-6-2,11-7-3)13(15)16-12-8-4;;;;/h5-12H2,1-4H3;;;;. The quantitative estimate of drug-likeness (QED) is 0.469. The zero-order chi connectivity index (χ0) is 12.4. The molecule has 0 aromatic carbocycles. The Morgan fingerprint density at radius 2 is 1.29 bits per heavy atom. The summed E-state index contributed by atoms with van der Waals surface area (Å²) in [5.74, 6) is 0.0416. The van der Waals surface area contributed by atoms with Gasteiger partial charge in [-0.25, -0.2) is 0 Å². The fraction of sp³-hybridized carbons (Fsp3) is 0.929. The highest BCUT2D eigenvalue weighted by Gasteiger charge is 2.37. The van der Waals surface area contributed by atoms with Crippen molar-refractivity contribution in [3.05, 3.63) is 0 Å². The predicted molar refractivity (Wildman–Crippen MR) is 78.3 cm³/mol. The van der Waals surface area contributed by atoms with E-state index in [0.29, 0.717) is 6.61 Å². The maximum absolute atomic E-state index is 12.2. The van der Waals surface area contributed by atoms with Crippen molar-refractivity contribution in [2.75, 3.05) is 6.61 Å². The molecule has 0 atom stereocenters. The van der Waals surface area contributed by atoms with E-state index >= 15 is 0 Å². The number of carbonyl (C=O) groups excluding carboxylic acids is 1. The van der Waals surface area contributed by atoms with Crippen molar-refractivity contribution < 1.29 is 9.53 Å². The van der Waals surface area contributed by atoms with Gasteiger partial charge in [-0.15, -0.1) is 0 Å². The van der Waals surface area contributed by atoms with Gasteiger partial charge in [0, 0.05) is 0 Å². The van der Waals surface area contributed by atoms with Crippen molar-refractivity contribution >= 4 is 23.3 Å². The SMILES string of the molecule is CCCOC(=O)C(CCC)(CCC)CCC.[AlH3]. The van der Waals surface area contributed by atoms with Gasteiger partial charge in [0.15, 0.2) is 17.4 Å². The van der Waals surface area contributed by atoms with Crippen molar-refractivity contribution in [2.24, 2.45) is 5.41 Å². The van der Waals surface area contributed by atoms with Gasteiger partial charge < -0.3 is 4.74 Å². The molecule has 0 aliphatic rings. The minimum absolute atomic E-state index is 0. The van der Waals surface area contributed by atoms with Gasteiger partial charge in [-0.3, -0.25) is 4.79 Å². The second-order valence-corrected chi connectivity index (χ2v) is 4.67. The molecule has 0 unspecified atom stereocenters. The zero-order valence-electron chi connectivity index (χ0n) is 11.5. The number of carbonyl (C=O) groups is 1. The summed E-state index contributed by atoms with van der Waals surface area (Å²) in [7, 11) is 0. The molecule has 0 spiro atoms. The van der Waals surface area contributed by atoms with E-state index in [0.717, 1.165) is 44.9 Å². The molecule has 3 heteroatoms. The number of rotatable bonds is 9. The van der Waals surface area contributed by atoms with Gasteiger partial charge in [-0.2, -0.15) is 0 Å². The Bertz CT molecular complexity index is 176. The van der Waals surface area contributed by atoms with E-state index in [-0.39, 0.29) is 28.7 Å². The van der Waals surface area contributed by atoms with E-state index in [1.807, 2.05) is 6.92 Å². The number of esters is 1. The average molecular weight is 258 g/mol. The predicted octanol–water partition coefficient (Wildman–Crippen LogP) is 3.14. The lowest BCUT2D eigenvalue weighted by Gasteiger charge is -2.30. The third-order valence-electron chi connectivity index (χ3n) is 3.06. The maximum Gasteiger partial charge on any atom is 0.312 e. The summed E-state index contributed by atoms with van der Waals surface area (Å²) in [5.41, 5.74) is -0.201. The third kappa shape index (κ3) is 6.48. The summed E-state index contributed by atoms with van der Waals surface area (Å²) >= 11 is 0. The molecule has 0 radical (unpaired) electrons. The lowest BCUT2D eigenvalue weighted by atomic mass is 9.75. The van der Waals surface area contributed by atoms with Crippen LogP contribution in [0.25, 0.3) is 0 Å². The minimum atomic E-state index is -0.201. The second kappa shape index (κ2) is 11.1. The minimum Gasteiger partial charge on any atom is -0.465 e. The first-order valence-electron chi connectivity index (χ1n) is 6.84. The Morgan fingerprint density at radius 3 is 1.59 bits per heavy atom. The van der Waals surface area contributed by atoms with Crippen LogP contribution in [0.15, 0.2) is 0 Å². The van der Waals surface area contributed by atoms with Gasteiger partial charge in [-0.05, 0) is 25.7 Å². The van der Waals surface area contributed by atoms with E-state index in [1.165, 1.54) is 0 Å². The summed E-state index contributed by atoms with van der Waals surface area (Å²) in [6, 6.07) is 0. The molecule has 0 rings (SSSR count). The molecule has 102 valence electrons. The van der Waals surface area contributed by atoms with Gasteiger partial charge in [0.1, 0.15) is 0 Å². The van der Waals surface area contributed by atoms with Crippen LogP contribution < -0.4 is 0 Å². The Morgan fingerprint density at radius 1 is 0.882 bits per heavy atom. The normalized spacial score (nSPS) is 10.8. The van der Waals surface area contributed by atoms with Gasteiger partial charge in [0.2, 0.25) is 0 Å². The number of hydrogen-bond acceptors (Lipinski definition) is 2. The van der Waals surface area contributed by atoms with Crippen molar-refractivity contribution in [3.8, 4) is 0 Å². The molecule has 0 bridgehead atoms. The van der Waals surface area contributed by atoms with E-state index in [4.69, 9.17) is 4.74 Å². The third-order valence-corrected chi connectivity index (χ3v) is 3.06. The number of hydrogen-bond donors (Lipinski definition) is 0. The van der Waals surface area contributed by atoms with Gasteiger partial charge in [0.05, 0.1) is 12.0 Å². The van der Waals surface area contributed by atoms with Crippen LogP contribution in [0.2, 0.25) is 0 Å². The molecule has 0 N–H and O–H groups in total. The van der Waals surface area contributed by atoms with Crippen LogP contribution in [-0.2, 0) is 9.53 Å². The van der Waals surface area contributed by atoms with Crippen LogP contribution in [0.4, 0.5) is 0 Å². The summed E-state index contributed by atoms with van der Waals surface area (Å²) in [5, 5.41) is 0. The Hall–Kier alpha value is 0.00247. The largest absolute Gasteiger partial charge is 0.465 e. The molecular weight excluding hydrogens is 227 g/mol. The molecule has 0 fully saturated rings. The van der Waals surface area contributed by atoms with Crippen LogP contribution in [0, 0.1) is 5.41 Å². The molecule has 0 heterocycles. The highest BCUT2D eigenvalue weighted by Crippen LogP contribution is 2.36. The molecule has 2 nitrogen and oxygen atoms in total. The lowest BCUT2D eigenvalue weighted by Crippen LogP contribution is -2.33. The van der Waals surface area contributed by atoms with E-state index < -0.39 is 0 Å². The van der Waals surface area contributed by atoms with Crippen molar-refractivity contribution in [1.29, 1.82) is 0 Å². The van der Waals surface area contributed by atoms with Gasteiger partial charge >= 0.3 is 5.97 Å². The Labute approximate surface area is 118 Å². The van der Waals surface area contributed by atoms with Crippen molar-refractivity contribution in [2.45, 2.75) is 72.6 Å². The van der Waals surface area contributed by atoms with Crippen molar-refractivity contribution in [3.63, 3.8) is 0 Å². The molecular formula is C14H31AlO2. The summed E-state index contributed by atoms with van der Waals surface area (Å²) in [6.07, 6.45) is 6.99. The summed E-state index contributed by atoms with van der Waals surface area (Å²) in [6.45, 7) is 9.04. The van der Waals surface area contributed by atoms with Crippen LogP contribution in [-0.4, -0.2) is 29.9 Å². The highest BCUT2D eigenvalue weighted by atomic mass is 27.0.